The van der Waals surface area contributed by atoms with Crippen LogP contribution in [0.5, 0.6) is 0 Å². The number of rotatable bonds is 6. The molecule has 0 spiro atoms. The van der Waals surface area contributed by atoms with E-state index in [-0.39, 0.29) is 51.7 Å². The normalized spacial score (nSPS) is 18.8. The Morgan fingerprint density at radius 2 is 1.00 bits per heavy atom. The van der Waals surface area contributed by atoms with Crippen LogP contribution in [-0.4, -0.2) is 88.6 Å². The van der Waals surface area contributed by atoms with Crippen molar-refractivity contribution in [1.29, 1.82) is 0 Å². The van der Waals surface area contributed by atoms with E-state index in [4.69, 9.17) is 11.6 Å². The van der Waals surface area contributed by atoms with Gasteiger partial charge < -0.3 is 21.3 Å². The predicted molar refractivity (Wildman–Crippen MR) is 340 cm³/mol. The molecule has 8 N–H and O–H groups in total. The number of hydrogen-bond acceptors (Lipinski definition) is 11. The number of likely N-dealkylation sites (N-methyl/N-ethyl adjacent to an activating group) is 2. The van der Waals surface area contributed by atoms with Gasteiger partial charge in [-0.05, 0) is 125 Å². The van der Waals surface area contributed by atoms with E-state index in [2.05, 4.69) is 107 Å². The largest absolute Gasteiger partial charge is 0.328 e. The number of hydrogen-bond donors (Lipinski definition) is 8. The number of imide groups is 5. The maximum Gasteiger partial charge on any atom is 0.328 e. The number of pyridine rings is 1. The van der Waals surface area contributed by atoms with Crippen LogP contribution in [0.1, 0.15) is 135 Å². The van der Waals surface area contributed by atoms with Gasteiger partial charge in [0.2, 0.25) is 0 Å². The quantitative estimate of drug-likeness (QED) is 0.0584. The molecule has 462 valence electrons. The Bertz CT molecular complexity index is 3790. The Hall–Kier alpha value is -10.3. The van der Waals surface area contributed by atoms with Gasteiger partial charge in [-0.1, -0.05) is 169 Å². The van der Waals surface area contributed by atoms with Gasteiger partial charge in [0.25, 0.3) is 29.5 Å². The molecule has 4 aromatic carbocycles. The van der Waals surface area contributed by atoms with Gasteiger partial charge in [0.15, 0.2) is 0 Å². The minimum atomic E-state index is -0.495. The number of benzene rings is 4. The van der Waals surface area contributed by atoms with Gasteiger partial charge in [0, 0.05) is 36.4 Å². The van der Waals surface area contributed by atoms with Crippen LogP contribution in [0.15, 0.2) is 138 Å². The third-order valence-corrected chi connectivity index (χ3v) is 14.9. The molecule has 0 radical (unpaired) electrons. The molecule has 11 rings (SSSR count). The first kappa shape index (κ1) is 66.2. The Kier molecular flexibility index (Phi) is 21.5. The van der Waals surface area contributed by atoms with Crippen molar-refractivity contribution in [3.63, 3.8) is 0 Å². The molecule has 89 heavy (non-hydrogen) atoms. The van der Waals surface area contributed by atoms with Crippen molar-refractivity contribution in [2.24, 2.45) is 0 Å². The van der Waals surface area contributed by atoms with Crippen molar-refractivity contribution < 1.29 is 47.9 Å². The minimum absolute atomic E-state index is 0.00930. The molecule has 6 aliphatic rings. The number of aromatic nitrogens is 1. The van der Waals surface area contributed by atoms with Crippen molar-refractivity contribution in [2.45, 2.75) is 104 Å². The summed E-state index contributed by atoms with van der Waals surface area (Å²) in [7, 11) is 2.99. The third kappa shape index (κ3) is 18.4. The molecular formula is C67H72ClN11O10. The zero-order valence-corrected chi connectivity index (χ0v) is 51.9. The average molecular weight is 1230 g/mol. The fourth-order valence-corrected chi connectivity index (χ4v) is 9.54. The van der Waals surface area contributed by atoms with Crippen LogP contribution >= 0.6 is 11.6 Å². The van der Waals surface area contributed by atoms with E-state index in [0.29, 0.717) is 27.9 Å². The fourth-order valence-electron chi connectivity index (χ4n) is 9.34. The van der Waals surface area contributed by atoms with Gasteiger partial charge in [-0.15, -0.1) is 0 Å². The van der Waals surface area contributed by atoms with Gasteiger partial charge in [-0.2, -0.15) is 0 Å². The average Bonchev–Trinajstić information content (AvgIpc) is 4.46. The molecule has 0 bridgehead atoms. The van der Waals surface area contributed by atoms with Gasteiger partial charge in [-0.25, -0.2) is 24.0 Å². The lowest BCUT2D eigenvalue weighted by atomic mass is 9.79. The van der Waals surface area contributed by atoms with Crippen molar-refractivity contribution >= 4 is 102 Å². The summed E-state index contributed by atoms with van der Waals surface area (Å²) >= 11 is 5.95. The van der Waals surface area contributed by atoms with Crippen molar-refractivity contribution in [1.82, 2.24) is 57.3 Å². The molecule has 6 fully saturated rings. The van der Waals surface area contributed by atoms with E-state index < -0.39 is 35.9 Å². The summed E-state index contributed by atoms with van der Waals surface area (Å²) < 4.78 is 0. The summed E-state index contributed by atoms with van der Waals surface area (Å²) in [5, 5.41) is 19.2. The molecule has 1 aromatic heterocycles. The van der Waals surface area contributed by atoms with E-state index in [9.17, 15) is 47.9 Å². The van der Waals surface area contributed by atoms with Crippen LogP contribution < -0.4 is 42.5 Å². The molecule has 6 heterocycles. The molecule has 5 aromatic rings. The summed E-state index contributed by atoms with van der Waals surface area (Å²) in [5.74, 6) is -1.27. The number of aryl methyl sites for hydroxylation is 2. The first-order valence-corrected chi connectivity index (χ1v) is 29.0. The van der Waals surface area contributed by atoms with Crippen molar-refractivity contribution in [2.75, 3.05) is 14.1 Å². The zero-order chi connectivity index (χ0) is 64.9. The van der Waals surface area contributed by atoms with E-state index in [1.54, 1.807) is 54.8 Å². The SMILES string of the molecule is CC(C)(C)c1cc(/C=C2\NC(=O)NC2=O)cc(C2CCCCC2)c1.CC(C)(C)c1ccc(/C=C2\NC(=O)NC2=O)cn1.CN1C(=O)NC(=O)/C1=C/c1ccccc1Cl.Cc1ccc(/C=C2\NC(=O)NC2=O)cc1.Cc1ccccc1/C=C1\NC(=O)N(C)C1=O. The Morgan fingerprint density at radius 3 is 1.46 bits per heavy atom. The Morgan fingerprint density at radius 1 is 0.483 bits per heavy atom. The highest BCUT2D eigenvalue weighted by molar-refractivity contribution is 6.32. The maximum atomic E-state index is 11.8. The molecule has 15 amide bonds. The first-order chi connectivity index (χ1) is 42.0. The topological polar surface area (TPSA) is 286 Å². The molecule has 21 nitrogen and oxygen atoms in total. The number of nitrogens with zero attached hydrogens (tertiary/aromatic N) is 3. The second kappa shape index (κ2) is 28.9. The number of urea groups is 5. The zero-order valence-electron chi connectivity index (χ0n) is 51.2. The summed E-state index contributed by atoms with van der Waals surface area (Å²) in [6.07, 6.45) is 16.4. The highest BCUT2D eigenvalue weighted by Gasteiger charge is 2.32. The number of carbonyl (C=O) groups excluding carboxylic acids is 10. The Balaban J connectivity index is 0.000000160. The van der Waals surface area contributed by atoms with Crippen LogP contribution in [0.2, 0.25) is 5.02 Å². The monoisotopic (exact) mass is 1230 g/mol. The van der Waals surface area contributed by atoms with Crippen LogP contribution in [0.3, 0.4) is 0 Å². The van der Waals surface area contributed by atoms with Gasteiger partial charge in [0.05, 0.1) is 0 Å². The molecule has 0 atom stereocenters. The predicted octanol–water partition coefficient (Wildman–Crippen LogP) is 10.3. The van der Waals surface area contributed by atoms with Gasteiger partial charge >= 0.3 is 30.2 Å². The van der Waals surface area contributed by atoms with Crippen molar-refractivity contribution in [3.8, 4) is 0 Å². The summed E-state index contributed by atoms with van der Waals surface area (Å²) in [6.45, 7) is 16.8. The number of carbonyl (C=O) groups is 10. The summed E-state index contributed by atoms with van der Waals surface area (Å²) in [6, 6.07) is 30.6. The van der Waals surface area contributed by atoms with Crippen LogP contribution in [0.4, 0.5) is 24.0 Å². The lowest BCUT2D eigenvalue weighted by molar-refractivity contribution is -0.122. The van der Waals surface area contributed by atoms with E-state index in [1.807, 2.05) is 80.6 Å². The Labute approximate surface area is 521 Å². The lowest BCUT2D eigenvalue weighted by Gasteiger charge is -2.26. The molecule has 1 saturated carbocycles. The van der Waals surface area contributed by atoms with E-state index in [1.165, 1.54) is 62.2 Å². The number of amides is 15. The third-order valence-electron chi connectivity index (χ3n) is 14.5. The smallest absolute Gasteiger partial charge is 0.303 e. The highest BCUT2D eigenvalue weighted by Crippen LogP contribution is 2.36. The van der Waals surface area contributed by atoms with E-state index >= 15 is 0 Å². The van der Waals surface area contributed by atoms with Crippen molar-refractivity contribution in [3.05, 3.63) is 199 Å². The van der Waals surface area contributed by atoms with E-state index in [0.717, 1.165) is 44.0 Å². The summed E-state index contributed by atoms with van der Waals surface area (Å²) in [5.41, 5.74) is 11.6. The second-order valence-electron chi connectivity index (χ2n) is 23.6. The minimum Gasteiger partial charge on any atom is -0.303 e. The van der Waals surface area contributed by atoms with Gasteiger partial charge in [-0.3, -0.25) is 60.0 Å². The summed E-state index contributed by atoms with van der Waals surface area (Å²) in [4.78, 5) is 120. The lowest BCUT2D eigenvalue weighted by Crippen LogP contribution is -2.25. The molecular weight excluding hydrogens is 1150 g/mol. The first-order valence-electron chi connectivity index (χ1n) is 28.7. The number of halogens is 1. The highest BCUT2D eigenvalue weighted by atomic mass is 35.5. The number of nitrogens with one attached hydrogen (secondary N) is 8. The molecule has 0 unspecified atom stereocenters. The standard InChI is InChI=1S/C20H26N2O2.C13H15N3O2.C12H12N2O2.C11H9ClN2O2.C11H10N2O2/c1-20(2,3)16-10-13(11-17-18(23)22-19(24)21-17)9-15(12-16)14-7-5-4-6-8-14;1-13(2,3)10-5-4-8(7-14-10)6-9-11(17)16-12(18)15-9;1-8-5-3-4-6-9(8)7-10-11(15)14(2)12(16)13-10;1-14-9(10(15)13-11(14)16)6-7-4-2-3-5-8(7)12;1-7-2-4-8(5-3-7)6-9-10(14)13-11(15)12-9/h9-12,14H,4-8H2,1-3H3,(H2,21,22,23,24);4-7H,1-3H3,(H2,15,16,17,18);3-7H,1-2H3,(H,13,16);2-6H,1H3,(H,13,15,16);2-6H,1H3,(H2,12,13,14,15)/b17-11-;9-6-;10-7-;2*9-6-. The maximum absolute atomic E-state index is 11.8. The molecule has 22 heteroatoms. The second-order valence-corrected chi connectivity index (χ2v) is 24.0. The van der Waals surface area contributed by atoms with Gasteiger partial charge in [0.1, 0.15) is 28.5 Å². The molecule has 5 saturated heterocycles. The van der Waals surface area contributed by atoms with Crippen LogP contribution in [0, 0.1) is 13.8 Å². The molecule has 5 aliphatic heterocycles. The molecule has 1 aliphatic carbocycles. The van der Waals surface area contributed by atoms with Crippen LogP contribution in [-0.2, 0) is 34.8 Å². The van der Waals surface area contributed by atoms with Crippen LogP contribution in [0.25, 0.3) is 30.4 Å². The fraction of sp³-hybridized carbons (Fsp3) is 0.269.